The van der Waals surface area contributed by atoms with Gasteiger partial charge in [-0.15, -0.1) is 0 Å². The zero-order chi connectivity index (χ0) is 14.6. The van der Waals surface area contributed by atoms with Crippen molar-refractivity contribution in [1.29, 1.82) is 0 Å². The highest BCUT2D eigenvalue weighted by Crippen LogP contribution is 2.33. The molecule has 2 unspecified atom stereocenters. The molecule has 1 aliphatic rings. The van der Waals surface area contributed by atoms with Crippen molar-refractivity contribution in [2.75, 3.05) is 0 Å². The van der Waals surface area contributed by atoms with Crippen LogP contribution in [0.4, 0.5) is 13.6 Å². The molecule has 2 N–H and O–H groups in total. The first-order valence-electron chi connectivity index (χ1n) is 6.52. The molecular formula is C14H17F2NO3. The van der Waals surface area contributed by atoms with Crippen LogP contribution in [-0.4, -0.2) is 29.3 Å². The quantitative estimate of drug-likeness (QED) is 0.897. The average molecular weight is 285 g/mol. The molecule has 20 heavy (non-hydrogen) atoms. The largest absolute Gasteiger partial charge is 0.445 e. The number of carbonyl (C=O) groups excluding carboxylic acids is 1. The Bertz CT molecular complexity index is 453. The van der Waals surface area contributed by atoms with Crippen LogP contribution in [0.25, 0.3) is 0 Å². The van der Waals surface area contributed by atoms with Crippen molar-refractivity contribution in [2.45, 2.75) is 43.9 Å². The Morgan fingerprint density at radius 3 is 2.80 bits per heavy atom. The Balaban J connectivity index is 1.82. The summed E-state index contributed by atoms with van der Waals surface area (Å²) in [4.78, 5) is 11.6. The van der Waals surface area contributed by atoms with Crippen LogP contribution in [0.1, 0.15) is 24.8 Å². The lowest BCUT2D eigenvalue weighted by Gasteiger charge is -2.34. The number of hydrogen-bond acceptors (Lipinski definition) is 3. The number of hydrogen-bond donors (Lipinski definition) is 2. The van der Waals surface area contributed by atoms with E-state index in [1.54, 1.807) is 12.1 Å². The average Bonchev–Trinajstić information content (AvgIpc) is 2.43. The minimum atomic E-state index is -3.16. The third-order valence-electron chi connectivity index (χ3n) is 3.36. The van der Waals surface area contributed by atoms with E-state index in [2.05, 4.69) is 5.32 Å². The molecular weight excluding hydrogens is 268 g/mol. The Morgan fingerprint density at radius 1 is 1.40 bits per heavy atom. The van der Waals surface area contributed by atoms with Gasteiger partial charge in [0.1, 0.15) is 12.7 Å². The standard InChI is InChI=1S/C14H17F2NO3/c15-14(16)8-4-7-11(12(14)18)17-13(19)20-9-10-5-2-1-3-6-10/h1-3,5-6,11-12,18H,4,7-9H2,(H,17,19). The van der Waals surface area contributed by atoms with E-state index < -0.39 is 24.2 Å². The molecule has 0 heterocycles. The van der Waals surface area contributed by atoms with Gasteiger partial charge in [0.2, 0.25) is 0 Å². The fourth-order valence-electron chi connectivity index (χ4n) is 2.23. The monoisotopic (exact) mass is 285 g/mol. The van der Waals surface area contributed by atoms with Gasteiger partial charge in [0, 0.05) is 6.42 Å². The van der Waals surface area contributed by atoms with Gasteiger partial charge in [-0.25, -0.2) is 13.6 Å². The first-order valence-corrected chi connectivity index (χ1v) is 6.52. The number of halogens is 2. The van der Waals surface area contributed by atoms with Crippen LogP contribution >= 0.6 is 0 Å². The van der Waals surface area contributed by atoms with Crippen molar-refractivity contribution in [3.8, 4) is 0 Å². The van der Waals surface area contributed by atoms with Crippen molar-refractivity contribution >= 4 is 6.09 Å². The van der Waals surface area contributed by atoms with Crippen LogP contribution in [0.15, 0.2) is 30.3 Å². The third-order valence-corrected chi connectivity index (χ3v) is 3.36. The lowest BCUT2D eigenvalue weighted by atomic mass is 9.89. The Hall–Kier alpha value is -1.69. The molecule has 1 aromatic rings. The fourth-order valence-corrected chi connectivity index (χ4v) is 2.23. The van der Waals surface area contributed by atoms with E-state index in [0.717, 1.165) is 5.56 Å². The molecule has 4 nitrogen and oxygen atoms in total. The predicted octanol–water partition coefficient (Wildman–Crippen LogP) is 2.46. The summed E-state index contributed by atoms with van der Waals surface area (Å²) in [7, 11) is 0. The van der Waals surface area contributed by atoms with Crippen LogP contribution in [0.2, 0.25) is 0 Å². The normalized spacial score (nSPS) is 24.9. The summed E-state index contributed by atoms with van der Waals surface area (Å²) >= 11 is 0. The maximum absolute atomic E-state index is 13.3. The zero-order valence-electron chi connectivity index (χ0n) is 10.9. The van der Waals surface area contributed by atoms with Crippen LogP contribution in [-0.2, 0) is 11.3 Å². The minimum Gasteiger partial charge on any atom is -0.445 e. The first kappa shape index (κ1) is 14.7. The molecule has 0 radical (unpaired) electrons. The number of aliphatic hydroxyl groups is 1. The fraction of sp³-hybridized carbons (Fsp3) is 0.500. The van der Waals surface area contributed by atoms with Crippen molar-refractivity contribution in [3.05, 3.63) is 35.9 Å². The molecule has 2 atom stereocenters. The summed E-state index contributed by atoms with van der Waals surface area (Å²) in [6.07, 6.45) is -2.44. The van der Waals surface area contributed by atoms with Gasteiger partial charge in [0.25, 0.3) is 5.92 Å². The third kappa shape index (κ3) is 3.66. The molecule has 6 heteroatoms. The molecule has 1 aliphatic carbocycles. The van der Waals surface area contributed by atoms with Gasteiger partial charge in [0.05, 0.1) is 6.04 Å². The summed E-state index contributed by atoms with van der Waals surface area (Å²) in [5, 5.41) is 11.8. The van der Waals surface area contributed by atoms with E-state index in [9.17, 15) is 18.7 Å². The van der Waals surface area contributed by atoms with Crippen LogP contribution in [0.3, 0.4) is 0 Å². The molecule has 0 spiro atoms. The molecule has 2 rings (SSSR count). The zero-order valence-corrected chi connectivity index (χ0v) is 10.9. The van der Waals surface area contributed by atoms with Crippen molar-refractivity contribution in [3.63, 3.8) is 0 Å². The van der Waals surface area contributed by atoms with Gasteiger partial charge in [0.15, 0.2) is 0 Å². The highest BCUT2D eigenvalue weighted by atomic mass is 19.3. The molecule has 0 saturated heterocycles. The number of carbonyl (C=O) groups is 1. The van der Waals surface area contributed by atoms with E-state index in [1.165, 1.54) is 0 Å². The van der Waals surface area contributed by atoms with Crippen LogP contribution < -0.4 is 5.32 Å². The number of ether oxygens (including phenoxy) is 1. The molecule has 0 aromatic heterocycles. The lowest BCUT2D eigenvalue weighted by molar-refractivity contribution is -0.142. The van der Waals surface area contributed by atoms with E-state index in [0.29, 0.717) is 6.42 Å². The highest BCUT2D eigenvalue weighted by molar-refractivity contribution is 5.67. The molecule has 1 amide bonds. The topological polar surface area (TPSA) is 58.6 Å². The number of nitrogens with one attached hydrogen (secondary N) is 1. The number of rotatable bonds is 3. The summed E-state index contributed by atoms with van der Waals surface area (Å²) in [5.41, 5.74) is 0.803. The summed E-state index contributed by atoms with van der Waals surface area (Å²) in [5.74, 6) is -3.16. The molecule has 0 bridgehead atoms. The smallest absolute Gasteiger partial charge is 0.407 e. The first-order chi connectivity index (χ1) is 9.49. The molecule has 1 saturated carbocycles. The van der Waals surface area contributed by atoms with E-state index in [1.807, 2.05) is 18.2 Å². The highest BCUT2D eigenvalue weighted by Gasteiger charge is 2.46. The van der Waals surface area contributed by atoms with E-state index in [4.69, 9.17) is 4.74 Å². The van der Waals surface area contributed by atoms with Gasteiger partial charge < -0.3 is 15.2 Å². The maximum Gasteiger partial charge on any atom is 0.407 e. The van der Waals surface area contributed by atoms with E-state index in [-0.39, 0.29) is 19.4 Å². The summed E-state index contributed by atoms with van der Waals surface area (Å²) in [6.45, 7) is 0.0614. The van der Waals surface area contributed by atoms with Crippen LogP contribution in [0.5, 0.6) is 0 Å². The van der Waals surface area contributed by atoms with Crippen molar-refractivity contribution < 1.29 is 23.4 Å². The Morgan fingerprint density at radius 2 is 2.10 bits per heavy atom. The van der Waals surface area contributed by atoms with Gasteiger partial charge in [-0.3, -0.25) is 0 Å². The van der Waals surface area contributed by atoms with Crippen LogP contribution in [0, 0.1) is 0 Å². The molecule has 0 aliphatic heterocycles. The summed E-state index contributed by atoms with van der Waals surface area (Å²) < 4.78 is 31.6. The van der Waals surface area contributed by atoms with Gasteiger partial charge in [-0.2, -0.15) is 0 Å². The van der Waals surface area contributed by atoms with Crippen molar-refractivity contribution in [2.24, 2.45) is 0 Å². The number of alkyl carbamates (subject to hydrolysis) is 1. The summed E-state index contributed by atoms with van der Waals surface area (Å²) in [6, 6.07) is 8.06. The molecule has 1 fully saturated rings. The predicted molar refractivity (Wildman–Crippen MR) is 68.4 cm³/mol. The number of benzene rings is 1. The number of aliphatic hydroxyl groups excluding tert-OH is 1. The van der Waals surface area contributed by atoms with Gasteiger partial charge in [-0.1, -0.05) is 30.3 Å². The Kier molecular flexibility index (Phi) is 4.54. The second kappa shape index (κ2) is 6.17. The van der Waals surface area contributed by atoms with Gasteiger partial charge >= 0.3 is 6.09 Å². The molecule has 1 aromatic carbocycles. The minimum absolute atomic E-state index is 0.0614. The van der Waals surface area contributed by atoms with E-state index >= 15 is 0 Å². The Labute approximate surface area is 115 Å². The number of amides is 1. The SMILES string of the molecule is O=C(NC1CCCC(F)(F)C1O)OCc1ccccc1. The maximum atomic E-state index is 13.3. The van der Waals surface area contributed by atoms with Crippen molar-refractivity contribution in [1.82, 2.24) is 5.32 Å². The molecule has 110 valence electrons. The lowest BCUT2D eigenvalue weighted by Crippen LogP contribution is -2.54. The van der Waals surface area contributed by atoms with Gasteiger partial charge in [-0.05, 0) is 18.4 Å². The second-order valence-electron chi connectivity index (χ2n) is 4.91. The second-order valence-corrected chi connectivity index (χ2v) is 4.91. The number of alkyl halides is 2.